The van der Waals surface area contributed by atoms with E-state index in [4.69, 9.17) is 29.1 Å². The number of nitrogens with two attached hydrogens (primary N) is 1. The van der Waals surface area contributed by atoms with Crippen LogP contribution in [0.25, 0.3) is 0 Å². The quantitative estimate of drug-likeness (QED) is 0.272. The van der Waals surface area contributed by atoms with Gasteiger partial charge in [-0.3, -0.25) is 0 Å². The molecule has 1 aromatic heterocycles. The second-order valence-electron chi connectivity index (χ2n) is 7.74. The molecule has 2 aromatic rings. The molecule has 0 aliphatic carbocycles. The first kappa shape index (κ1) is 24.4. The molecule has 3 heterocycles. The number of anilines is 1. The Labute approximate surface area is 193 Å². The number of nitrogen functional groups attached to an aromatic ring is 1. The molecule has 2 saturated heterocycles. The van der Waals surface area contributed by atoms with Crippen molar-refractivity contribution < 1.29 is 43.3 Å². The number of ether oxygens (including phenoxy) is 1. The molecule has 3 unspecified atom stereocenters. The summed E-state index contributed by atoms with van der Waals surface area (Å²) in [5.41, 5.74) is 5.27. The molecule has 15 heteroatoms. The Morgan fingerprint density at radius 3 is 2.68 bits per heavy atom. The van der Waals surface area contributed by atoms with Crippen LogP contribution in [0.5, 0.6) is 0 Å². The molecule has 14 nitrogen and oxygen atoms in total. The van der Waals surface area contributed by atoms with E-state index in [9.17, 15) is 24.7 Å². The molecule has 34 heavy (non-hydrogen) atoms. The maximum absolute atomic E-state index is 12.1. The van der Waals surface area contributed by atoms with E-state index in [1.807, 2.05) is 0 Å². The van der Waals surface area contributed by atoms with Gasteiger partial charge in [-0.05, 0) is 0 Å². The van der Waals surface area contributed by atoms with E-state index in [1.165, 1.54) is 12.3 Å². The van der Waals surface area contributed by atoms with E-state index in [2.05, 4.69) is 10.3 Å². The third-order valence-electron chi connectivity index (χ3n) is 5.42. The van der Waals surface area contributed by atoms with E-state index in [0.29, 0.717) is 5.56 Å². The summed E-state index contributed by atoms with van der Waals surface area (Å²) in [6, 6.07) is 9.14. The predicted molar refractivity (Wildman–Crippen MR) is 116 cm³/mol. The molecule has 1 aromatic carbocycles. The molecule has 0 saturated carbocycles. The number of amides is 1. The Morgan fingerprint density at radius 2 is 2.00 bits per heavy atom. The number of hydrogen-bond donors (Lipinski definition) is 6. The van der Waals surface area contributed by atoms with Crippen molar-refractivity contribution in [3.05, 3.63) is 58.6 Å². The zero-order chi connectivity index (χ0) is 24.5. The molecule has 2 aliphatic heterocycles. The summed E-state index contributed by atoms with van der Waals surface area (Å²) in [6.45, 7) is -0.687. The molecular formula is C19H25N4O10P. The fourth-order valence-electron chi connectivity index (χ4n) is 3.76. The number of aromatic nitrogens is 2. The second-order valence-corrected chi connectivity index (χ2v) is 9.60. The zero-order valence-electron chi connectivity index (χ0n) is 17.6. The van der Waals surface area contributed by atoms with Crippen LogP contribution < -0.4 is 16.7 Å². The van der Waals surface area contributed by atoms with Crippen LogP contribution in [0, 0.1) is 0 Å². The number of rotatable bonds is 6. The van der Waals surface area contributed by atoms with Crippen LogP contribution in [0.2, 0.25) is 0 Å². The SMILES string of the molecule is Nc1ccn(C2O[C@H](CO[PH]3(O)OC[C@H](NC(=O)O)[C@@H](c4ccccc4)O3)C(O)C2O)c(=O)n1. The number of aliphatic hydroxyl groups excluding tert-OH is 2. The van der Waals surface area contributed by atoms with Crippen LogP contribution in [-0.2, 0) is 18.3 Å². The first-order valence-electron chi connectivity index (χ1n) is 10.3. The van der Waals surface area contributed by atoms with Gasteiger partial charge in [0.2, 0.25) is 0 Å². The van der Waals surface area contributed by atoms with E-state index in [-0.39, 0.29) is 12.4 Å². The van der Waals surface area contributed by atoms with Gasteiger partial charge in [0.05, 0.1) is 0 Å². The molecule has 4 rings (SSSR count). The van der Waals surface area contributed by atoms with Crippen molar-refractivity contribution in [2.45, 2.75) is 36.7 Å². The summed E-state index contributed by atoms with van der Waals surface area (Å²) >= 11 is 0. The number of carboxylic acid groups (broad SMARTS) is 1. The molecule has 0 radical (unpaired) electrons. The Bertz CT molecular complexity index is 1070. The Morgan fingerprint density at radius 1 is 1.26 bits per heavy atom. The van der Waals surface area contributed by atoms with Crippen molar-refractivity contribution in [2.75, 3.05) is 18.9 Å². The molecule has 1 amide bonds. The van der Waals surface area contributed by atoms with Crippen LogP contribution in [-0.4, -0.2) is 73.4 Å². The summed E-state index contributed by atoms with van der Waals surface area (Å²) in [5.74, 6) is -0.0161. The summed E-state index contributed by atoms with van der Waals surface area (Å²) in [4.78, 5) is 37.6. The third kappa shape index (κ3) is 5.19. The van der Waals surface area contributed by atoms with Gasteiger partial charge in [-0.25, -0.2) is 0 Å². The first-order chi connectivity index (χ1) is 16.2. The van der Waals surface area contributed by atoms with Crippen LogP contribution in [0.3, 0.4) is 0 Å². The van der Waals surface area contributed by atoms with Crippen LogP contribution in [0.4, 0.5) is 10.6 Å². The van der Waals surface area contributed by atoms with Crippen molar-refractivity contribution in [3.8, 4) is 0 Å². The zero-order valence-corrected chi connectivity index (χ0v) is 18.6. The molecule has 7 N–H and O–H groups in total. The predicted octanol–water partition coefficient (Wildman–Crippen LogP) is -0.712. The molecule has 6 atom stereocenters. The summed E-state index contributed by atoms with van der Waals surface area (Å²) in [7, 11) is -4.32. The van der Waals surface area contributed by atoms with Crippen molar-refractivity contribution in [1.82, 2.24) is 14.9 Å². The minimum atomic E-state index is -4.32. The van der Waals surface area contributed by atoms with Gasteiger partial charge in [0.15, 0.2) is 0 Å². The van der Waals surface area contributed by atoms with Crippen LogP contribution >= 0.6 is 8.17 Å². The van der Waals surface area contributed by atoms with Gasteiger partial charge in [-0.15, -0.1) is 0 Å². The standard InChI is InChI=1S/C19H25N4O10P/c20-13-6-7-23(18(26)22-13)17-15(25)14(24)12(32-17)9-31-34(29)30-8-11(21-19(27)28)16(33-34)10-4-2-1-3-5-10/h1-7,11-12,14-17,21,24-25,29,34H,8-9H2,(H,27,28)(H2,20,22,26)/t11-,12+,14?,15?,16+,17?/m0/s1. The topological polar surface area (TPSA) is 208 Å². The summed E-state index contributed by atoms with van der Waals surface area (Å²) < 4.78 is 23.0. The second kappa shape index (κ2) is 9.90. The van der Waals surface area contributed by atoms with Crippen molar-refractivity contribution in [1.29, 1.82) is 0 Å². The summed E-state index contributed by atoms with van der Waals surface area (Å²) in [5, 5.41) is 32.1. The Hall–Kier alpha value is -2.68. The number of nitrogens with zero attached hydrogens (tertiary/aromatic N) is 2. The normalized spacial score (nSPS) is 31.6. The number of nitrogens with one attached hydrogen (secondary N) is 1. The average molecular weight is 500 g/mol. The number of hydrogen-bond acceptors (Lipinski definition) is 11. The Balaban J connectivity index is 1.45. The van der Waals surface area contributed by atoms with E-state index < -0.39 is 63.2 Å². The van der Waals surface area contributed by atoms with Crippen molar-refractivity contribution in [3.63, 3.8) is 0 Å². The minimum absolute atomic E-state index is 0.0161. The van der Waals surface area contributed by atoms with Gasteiger partial charge >= 0.3 is 193 Å². The average Bonchev–Trinajstić information content (AvgIpc) is 3.08. The van der Waals surface area contributed by atoms with Crippen molar-refractivity contribution in [2.24, 2.45) is 0 Å². The van der Waals surface area contributed by atoms with Crippen molar-refractivity contribution >= 4 is 20.1 Å². The van der Waals surface area contributed by atoms with E-state index >= 15 is 0 Å². The van der Waals surface area contributed by atoms with Gasteiger partial charge in [-0.2, -0.15) is 0 Å². The maximum atomic E-state index is 12.1. The number of carbonyl (C=O) groups is 1. The van der Waals surface area contributed by atoms with E-state index in [1.54, 1.807) is 30.3 Å². The van der Waals surface area contributed by atoms with Crippen LogP contribution in [0.1, 0.15) is 17.9 Å². The fraction of sp³-hybridized carbons (Fsp3) is 0.421. The molecule has 2 fully saturated rings. The van der Waals surface area contributed by atoms with Crippen LogP contribution in [0.15, 0.2) is 47.4 Å². The molecular weight excluding hydrogens is 475 g/mol. The summed E-state index contributed by atoms with van der Waals surface area (Å²) in [6.07, 6.45) is -6.32. The van der Waals surface area contributed by atoms with E-state index in [0.717, 1.165) is 4.57 Å². The van der Waals surface area contributed by atoms with Gasteiger partial charge in [-0.1, -0.05) is 0 Å². The first-order valence-corrected chi connectivity index (χ1v) is 11.9. The van der Waals surface area contributed by atoms with Gasteiger partial charge < -0.3 is 0 Å². The van der Waals surface area contributed by atoms with Gasteiger partial charge in [0.25, 0.3) is 0 Å². The fourth-order valence-corrected chi connectivity index (χ4v) is 5.36. The molecule has 0 bridgehead atoms. The molecule has 2 aliphatic rings. The molecule has 186 valence electrons. The number of benzene rings is 1. The Kier molecular flexibility index (Phi) is 7.12. The number of aliphatic hydroxyl groups is 2. The van der Waals surface area contributed by atoms with Gasteiger partial charge in [0.1, 0.15) is 0 Å². The monoisotopic (exact) mass is 500 g/mol. The molecule has 0 spiro atoms. The third-order valence-corrected chi connectivity index (χ3v) is 7.03. The van der Waals surface area contributed by atoms with Gasteiger partial charge in [0, 0.05) is 0 Å².